The minimum absolute atomic E-state index is 0.0328. The summed E-state index contributed by atoms with van der Waals surface area (Å²) in [4.78, 5) is 32.1. The molecule has 0 bridgehead atoms. The molecule has 6 nitrogen and oxygen atoms in total. The first kappa shape index (κ1) is 27.6. The molecule has 7 rings (SSSR count). The van der Waals surface area contributed by atoms with Gasteiger partial charge in [0.15, 0.2) is 24.1 Å². The summed E-state index contributed by atoms with van der Waals surface area (Å²) in [7, 11) is 0. The molecular weight excluding hydrogens is 600 g/mol. The molecule has 0 saturated carbocycles. The van der Waals surface area contributed by atoms with Gasteiger partial charge in [-0.25, -0.2) is 9.13 Å². The van der Waals surface area contributed by atoms with Crippen molar-refractivity contribution in [1.29, 1.82) is 0 Å². The van der Waals surface area contributed by atoms with Crippen molar-refractivity contribution in [2.45, 2.75) is 51.5 Å². The quantitative estimate of drug-likeness (QED) is 0.154. The van der Waals surface area contributed by atoms with Crippen LogP contribution in [0.25, 0.3) is 11.0 Å². The molecule has 0 N–H and O–H groups in total. The number of aromatic nitrogens is 2. The number of anilines is 1. The lowest BCUT2D eigenvalue weighted by Gasteiger charge is -2.37. The van der Waals surface area contributed by atoms with Gasteiger partial charge in [-0.2, -0.15) is 0 Å². The first-order valence-electron chi connectivity index (χ1n) is 14.8. The molecular formula is C36H34BrN4O2+. The number of ketones is 1. The fourth-order valence-corrected chi connectivity index (χ4v) is 7.46. The highest BCUT2D eigenvalue weighted by atomic mass is 79.9. The molecule has 1 aromatic heterocycles. The van der Waals surface area contributed by atoms with Crippen LogP contribution in [0.3, 0.4) is 0 Å². The van der Waals surface area contributed by atoms with Gasteiger partial charge in [0.25, 0.3) is 11.7 Å². The first-order chi connectivity index (χ1) is 20.8. The van der Waals surface area contributed by atoms with E-state index in [2.05, 4.69) is 85.8 Å². The van der Waals surface area contributed by atoms with Crippen LogP contribution in [-0.2, 0) is 29.8 Å². The lowest BCUT2D eigenvalue weighted by molar-refractivity contribution is -0.664. The Morgan fingerprint density at radius 1 is 0.907 bits per heavy atom. The van der Waals surface area contributed by atoms with Crippen LogP contribution in [0.4, 0.5) is 5.69 Å². The number of likely N-dealkylation sites (tertiary alicyclic amines) is 1. The molecule has 4 aromatic carbocycles. The maximum Gasteiger partial charge on any atom is 0.266 e. The number of nitrogens with zero attached hydrogens (tertiary/aromatic N) is 4. The van der Waals surface area contributed by atoms with Gasteiger partial charge in [-0.1, -0.05) is 95.7 Å². The number of rotatable bonds is 7. The van der Waals surface area contributed by atoms with Crippen molar-refractivity contribution in [3.8, 4) is 0 Å². The first-order valence-corrected chi connectivity index (χ1v) is 15.6. The molecule has 5 aromatic rings. The Morgan fingerprint density at radius 2 is 1.60 bits per heavy atom. The molecule has 0 spiro atoms. The van der Waals surface area contributed by atoms with Gasteiger partial charge in [0.1, 0.15) is 6.17 Å². The highest BCUT2D eigenvalue weighted by Gasteiger charge is 2.55. The molecule has 2 unspecified atom stereocenters. The second-order valence-electron chi connectivity index (χ2n) is 11.9. The van der Waals surface area contributed by atoms with Crippen molar-refractivity contribution in [2.75, 3.05) is 11.4 Å². The molecule has 1 saturated heterocycles. The number of imidazole rings is 1. The second-order valence-corrected chi connectivity index (χ2v) is 12.8. The fraction of sp³-hybridized carbons (Fsp3) is 0.250. The zero-order valence-electron chi connectivity index (χ0n) is 24.4. The van der Waals surface area contributed by atoms with Gasteiger partial charge in [0.05, 0.1) is 0 Å². The summed E-state index contributed by atoms with van der Waals surface area (Å²) in [5, 5.41) is 0. The Balaban J connectivity index is 1.21. The molecule has 7 heteroatoms. The van der Waals surface area contributed by atoms with Crippen molar-refractivity contribution in [1.82, 2.24) is 9.47 Å². The summed E-state index contributed by atoms with van der Waals surface area (Å²) in [6.45, 7) is 6.19. The molecule has 216 valence electrons. The molecule has 0 radical (unpaired) electrons. The lowest BCUT2D eigenvalue weighted by Crippen LogP contribution is -2.51. The van der Waals surface area contributed by atoms with E-state index in [1.165, 1.54) is 16.8 Å². The number of carbonyl (C=O) groups excluding carboxylic acids is 2. The van der Waals surface area contributed by atoms with Crippen LogP contribution in [0.5, 0.6) is 0 Å². The third-order valence-corrected chi connectivity index (χ3v) is 9.91. The predicted molar refractivity (Wildman–Crippen MR) is 172 cm³/mol. The number of halogens is 1. The van der Waals surface area contributed by atoms with Crippen LogP contribution in [0.15, 0.2) is 108 Å². The molecule has 43 heavy (non-hydrogen) atoms. The van der Waals surface area contributed by atoms with E-state index in [1.54, 1.807) is 0 Å². The van der Waals surface area contributed by atoms with Crippen LogP contribution >= 0.6 is 15.9 Å². The Hall–Kier alpha value is -4.23. The number of amides is 1. The Bertz CT molecular complexity index is 1850. The molecule has 2 aliphatic rings. The van der Waals surface area contributed by atoms with Gasteiger partial charge in [0, 0.05) is 41.2 Å². The third kappa shape index (κ3) is 4.67. The van der Waals surface area contributed by atoms with E-state index in [4.69, 9.17) is 0 Å². The Kier molecular flexibility index (Phi) is 6.93. The number of para-hydroxylation sites is 3. The van der Waals surface area contributed by atoms with Gasteiger partial charge in [-0.05, 0) is 47.9 Å². The van der Waals surface area contributed by atoms with E-state index in [-0.39, 0.29) is 36.4 Å². The zero-order chi connectivity index (χ0) is 29.7. The molecule has 3 heterocycles. The fourth-order valence-electron chi connectivity index (χ4n) is 7.20. The van der Waals surface area contributed by atoms with Crippen LogP contribution in [0.2, 0.25) is 0 Å². The van der Waals surface area contributed by atoms with E-state index in [9.17, 15) is 9.59 Å². The number of hydrogen-bond donors (Lipinski definition) is 0. The van der Waals surface area contributed by atoms with Gasteiger partial charge in [0.2, 0.25) is 5.78 Å². The van der Waals surface area contributed by atoms with Gasteiger partial charge < -0.3 is 9.80 Å². The summed E-state index contributed by atoms with van der Waals surface area (Å²) in [5.74, 6) is 1.01. The largest absolute Gasteiger partial charge is 0.346 e. The summed E-state index contributed by atoms with van der Waals surface area (Å²) >= 11 is 3.45. The minimum Gasteiger partial charge on any atom is -0.346 e. The van der Waals surface area contributed by atoms with Gasteiger partial charge in [-0.15, -0.1) is 0 Å². The standard InChI is InChI=1S/C36H34BrN4O2/c1-25-39(23-33(42)27-16-18-28(37)19-17-27)31-14-8-9-15-32(31)40(25)24-34(43)38-21-20-36(2)29-12-6-7-13-30(29)41(35(36)38)22-26-10-4-3-5-11-26/h3-19,35H,20-24H2,1-2H3/q+1. The Labute approximate surface area is 260 Å². The average molecular weight is 635 g/mol. The van der Waals surface area contributed by atoms with E-state index < -0.39 is 0 Å². The van der Waals surface area contributed by atoms with Crippen LogP contribution in [-0.4, -0.2) is 33.9 Å². The summed E-state index contributed by atoms with van der Waals surface area (Å²) in [6, 6.07) is 34.6. The summed E-state index contributed by atoms with van der Waals surface area (Å²) < 4.78 is 5.05. The van der Waals surface area contributed by atoms with Gasteiger partial charge >= 0.3 is 0 Å². The predicted octanol–water partition coefficient (Wildman–Crippen LogP) is 6.42. The van der Waals surface area contributed by atoms with Gasteiger partial charge in [-0.3, -0.25) is 9.59 Å². The third-order valence-electron chi connectivity index (χ3n) is 9.38. The SMILES string of the molecule is Cc1n(CC(=O)N2CCC3(C)c4ccccc4N(Cc4ccccc4)C23)c2ccccc2[n+]1CC(=O)c1ccc(Br)cc1. The number of fused-ring (bicyclic) bond motifs is 4. The maximum absolute atomic E-state index is 14.3. The smallest absolute Gasteiger partial charge is 0.266 e. The molecule has 2 aliphatic heterocycles. The van der Waals surface area contributed by atoms with E-state index >= 15 is 0 Å². The van der Waals surface area contributed by atoms with Crippen LogP contribution in [0.1, 0.15) is 40.7 Å². The van der Waals surface area contributed by atoms with E-state index in [0.717, 1.165) is 34.3 Å². The second kappa shape index (κ2) is 10.8. The number of Topliss-reactive ketones (excluding diaryl/α,β-unsaturated/α-hetero) is 1. The molecule has 1 amide bonds. The number of hydrogen-bond acceptors (Lipinski definition) is 3. The topological polar surface area (TPSA) is 49.4 Å². The zero-order valence-corrected chi connectivity index (χ0v) is 26.0. The number of carbonyl (C=O) groups is 2. The normalized spacial score (nSPS) is 19.1. The lowest BCUT2D eigenvalue weighted by atomic mass is 9.81. The average Bonchev–Trinajstić information content (AvgIpc) is 3.59. The van der Waals surface area contributed by atoms with E-state index in [1.807, 2.05) is 66.1 Å². The highest BCUT2D eigenvalue weighted by molar-refractivity contribution is 9.10. The maximum atomic E-state index is 14.3. The summed E-state index contributed by atoms with van der Waals surface area (Å²) in [5.41, 5.74) is 6.18. The molecule has 1 fully saturated rings. The van der Waals surface area contributed by atoms with Crippen molar-refractivity contribution < 1.29 is 14.2 Å². The summed E-state index contributed by atoms with van der Waals surface area (Å²) in [6.07, 6.45) is 0.851. The minimum atomic E-state index is -0.147. The van der Waals surface area contributed by atoms with E-state index in [0.29, 0.717) is 12.1 Å². The van der Waals surface area contributed by atoms with Crippen molar-refractivity contribution >= 4 is 44.3 Å². The monoisotopic (exact) mass is 633 g/mol. The van der Waals surface area contributed by atoms with Crippen molar-refractivity contribution in [3.05, 3.63) is 130 Å². The highest BCUT2D eigenvalue weighted by Crippen LogP contribution is 2.52. The Morgan fingerprint density at radius 3 is 2.40 bits per heavy atom. The molecule has 0 aliphatic carbocycles. The van der Waals surface area contributed by atoms with Crippen molar-refractivity contribution in [3.63, 3.8) is 0 Å². The van der Waals surface area contributed by atoms with Crippen LogP contribution < -0.4 is 9.47 Å². The molecule has 2 atom stereocenters. The van der Waals surface area contributed by atoms with Crippen molar-refractivity contribution in [2.24, 2.45) is 0 Å². The number of benzene rings is 4. The van der Waals surface area contributed by atoms with Crippen LogP contribution in [0, 0.1) is 6.92 Å².